The molecule has 2 heterocycles. The molecule has 6 heteroatoms. The van der Waals surface area contributed by atoms with Crippen molar-refractivity contribution >= 4 is 5.91 Å². The number of pyridine rings is 1. The standard InChI is InChI=1S/C23H31N3O3/c1-28-21-9-8-20(22(13-21)29-2)15-25-23(27)10-7-18-6-4-12-26(16-18)17-19-5-3-11-24-14-19/h3,5,8-9,11,13-14,18H,4,6-7,10,12,15-17H2,1-2H3,(H,25,27)/t18-/m0/s1. The maximum absolute atomic E-state index is 12.4. The van der Waals surface area contributed by atoms with Gasteiger partial charge in [-0.25, -0.2) is 0 Å². The van der Waals surface area contributed by atoms with E-state index in [2.05, 4.69) is 21.3 Å². The first kappa shape index (κ1) is 21.1. The fourth-order valence-corrected chi connectivity index (χ4v) is 3.90. The first-order valence-corrected chi connectivity index (χ1v) is 10.3. The van der Waals surface area contributed by atoms with Gasteiger partial charge in [0, 0.05) is 50.1 Å². The molecule has 1 aromatic carbocycles. The summed E-state index contributed by atoms with van der Waals surface area (Å²) in [4.78, 5) is 19.0. The lowest BCUT2D eigenvalue weighted by Gasteiger charge is -2.32. The second kappa shape index (κ2) is 10.8. The molecule has 1 aromatic heterocycles. The molecule has 6 nitrogen and oxygen atoms in total. The molecule has 156 valence electrons. The topological polar surface area (TPSA) is 63.7 Å². The summed E-state index contributed by atoms with van der Waals surface area (Å²) in [5, 5.41) is 3.02. The molecule has 1 saturated heterocycles. The Bertz CT molecular complexity index is 782. The molecule has 0 spiro atoms. The van der Waals surface area contributed by atoms with Crippen molar-refractivity contribution < 1.29 is 14.3 Å². The van der Waals surface area contributed by atoms with Crippen LogP contribution in [0.25, 0.3) is 0 Å². The normalized spacial score (nSPS) is 17.0. The highest BCUT2D eigenvalue weighted by atomic mass is 16.5. The van der Waals surface area contributed by atoms with Crippen LogP contribution in [0.4, 0.5) is 0 Å². The lowest BCUT2D eigenvalue weighted by atomic mass is 9.93. The van der Waals surface area contributed by atoms with Crippen LogP contribution in [0, 0.1) is 5.92 Å². The van der Waals surface area contributed by atoms with E-state index in [0.717, 1.165) is 43.1 Å². The van der Waals surface area contributed by atoms with Crippen LogP contribution in [0.15, 0.2) is 42.7 Å². The minimum atomic E-state index is 0.0900. The zero-order chi connectivity index (χ0) is 20.5. The van der Waals surface area contributed by atoms with Gasteiger partial charge in [0.1, 0.15) is 11.5 Å². The van der Waals surface area contributed by atoms with Crippen LogP contribution in [0.2, 0.25) is 0 Å². The van der Waals surface area contributed by atoms with Gasteiger partial charge < -0.3 is 14.8 Å². The Balaban J connectivity index is 1.42. The molecule has 0 radical (unpaired) electrons. The number of carbonyl (C=O) groups excluding carboxylic acids is 1. The molecule has 1 N–H and O–H groups in total. The largest absolute Gasteiger partial charge is 0.497 e. The van der Waals surface area contributed by atoms with Gasteiger partial charge in [-0.2, -0.15) is 0 Å². The van der Waals surface area contributed by atoms with E-state index in [1.54, 1.807) is 14.2 Å². The van der Waals surface area contributed by atoms with Crippen LogP contribution in [-0.4, -0.2) is 43.1 Å². The average molecular weight is 398 g/mol. The number of methoxy groups -OCH3 is 2. The molecule has 0 saturated carbocycles. The maximum atomic E-state index is 12.4. The summed E-state index contributed by atoms with van der Waals surface area (Å²) in [7, 11) is 3.25. The second-order valence-corrected chi connectivity index (χ2v) is 7.60. The number of hydrogen-bond acceptors (Lipinski definition) is 5. The predicted octanol–water partition coefficient (Wildman–Crippen LogP) is 3.41. The third-order valence-corrected chi connectivity index (χ3v) is 5.48. The summed E-state index contributed by atoms with van der Waals surface area (Å²) in [5.41, 5.74) is 2.20. The molecule has 1 atom stereocenters. The van der Waals surface area contributed by atoms with Crippen molar-refractivity contribution in [2.24, 2.45) is 5.92 Å². The quantitative estimate of drug-likeness (QED) is 0.703. The Labute approximate surface area is 173 Å². The number of hydrogen-bond donors (Lipinski definition) is 1. The van der Waals surface area contributed by atoms with E-state index >= 15 is 0 Å². The van der Waals surface area contributed by atoms with Gasteiger partial charge in [-0.05, 0) is 55.5 Å². The smallest absolute Gasteiger partial charge is 0.220 e. The molecule has 2 aromatic rings. The Kier molecular flexibility index (Phi) is 7.87. The summed E-state index contributed by atoms with van der Waals surface area (Å²) in [6, 6.07) is 9.75. The first-order valence-electron chi connectivity index (χ1n) is 10.3. The molecule has 0 aliphatic carbocycles. The Morgan fingerprint density at radius 3 is 2.93 bits per heavy atom. The lowest BCUT2D eigenvalue weighted by molar-refractivity contribution is -0.121. The molecule has 1 fully saturated rings. The van der Waals surface area contributed by atoms with E-state index in [9.17, 15) is 4.79 Å². The molecule has 1 amide bonds. The molecule has 0 unspecified atom stereocenters. The molecule has 1 aliphatic heterocycles. The molecular formula is C23H31N3O3. The fraction of sp³-hybridized carbons (Fsp3) is 0.478. The fourth-order valence-electron chi connectivity index (χ4n) is 3.90. The molecule has 1 aliphatic rings. The molecular weight excluding hydrogens is 366 g/mol. The van der Waals surface area contributed by atoms with Gasteiger partial charge in [0.25, 0.3) is 0 Å². The predicted molar refractivity (Wildman–Crippen MR) is 113 cm³/mol. The van der Waals surface area contributed by atoms with Gasteiger partial charge in [-0.1, -0.05) is 6.07 Å². The zero-order valence-electron chi connectivity index (χ0n) is 17.4. The van der Waals surface area contributed by atoms with Gasteiger partial charge in [-0.3, -0.25) is 14.7 Å². The van der Waals surface area contributed by atoms with Crippen molar-refractivity contribution in [2.75, 3.05) is 27.3 Å². The van der Waals surface area contributed by atoms with E-state index in [1.807, 2.05) is 36.7 Å². The van der Waals surface area contributed by atoms with Crippen LogP contribution in [0.3, 0.4) is 0 Å². The lowest BCUT2D eigenvalue weighted by Crippen LogP contribution is -2.35. The summed E-state index contributed by atoms with van der Waals surface area (Å²) < 4.78 is 10.6. The van der Waals surface area contributed by atoms with Crippen molar-refractivity contribution in [3.63, 3.8) is 0 Å². The number of benzene rings is 1. The Morgan fingerprint density at radius 2 is 2.17 bits per heavy atom. The molecule has 0 bridgehead atoms. The monoisotopic (exact) mass is 397 g/mol. The number of nitrogens with one attached hydrogen (secondary N) is 1. The van der Waals surface area contributed by atoms with E-state index in [0.29, 0.717) is 18.9 Å². The Hall–Kier alpha value is -2.60. The van der Waals surface area contributed by atoms with Gasteiger partial charge in [0.05, 0.1) is 14.2 Å². The van der Waals surface area contributed by atoms with Crippen molar-refractivity contribution in [3.05, 3.63) is 53.9 Å². The first-order chi connectivity index (χ1) is 14.2. The van der Waals surface area contributed by atoms with E-state index in [4.69, 9.17) is 9.47 Å². The number of aromatic nitrogens is 1. The second-order valence-electron chi connectivity index (χ2n) is 7.60. The summed E-state index contributed by atoms with van der Waals surface area (Å²) in [6.07, 6.45) is 7.62. The minimum absolute atomic E-state index is 0.0900. The van der Waals surface area contributed by atoms with Crippen molar-refractivity contribution in [1.82, 2.24) is 15.2 Å². The van der Waals surface area contributed by atoms with Gasteiger partial charge >= 0.3 is 0 Å². The number of nitrogens with zero attached hydrogens (tertiary/aromatic N) is 2. The van der Waals surface area contributed by atoms with Gasteiger partial charge in [0.2, 0.25) is 5.91 Å². The minimum Gasteiger partial charge on any atom is -0.497 e. The third kappa shape index (κ3) is 6.46. The third-order valence-electron chi connectivity index (χ3n) is 5.48. The highest BCUT2D eigenvalue weighted by Gasteiger charge is 2.20. The number of piperidine rings is 1. The van der Waals surface area contributed by atoms with Gasteiger partial charge in [-0.15, -0.1) is 0 Å². The highest BCUT2D eigenvalue weighted by molar-refractivity contribution is 5.75. The number of rotatable bonds is 9. The van der Waals surface area contributed by atoms with E-state index < -0.39 is 0 Å². The van der Waals surface area contributed by atoms with Crippen LogP contribution in [0.5, 0.6) is 11.5 Å². The zero-order valence-corrected chi connectivity index (χ0v) is 17.4. The van der Waals surface area contributed by atoms with Crippen LogP contribution >= 0.6 is 0 Å². The van der Waals surface area contributed by atoms with Crippen LogP contribution < -0.4 is 14.8 Å². The summed E-state index contributed by atoms with van der Waals surface area (Å²) in [5.74, 6) is 2.13. The van der Waals surface area contributed by atoms with Crippen LogP contribution in [-0.2, 0) is 17.9 Å². The van der Waals surface area contributed by atoms with E-state index in [-0.39, 0.29) is 5.91 Å². The Morgan fingerprint density at radius 1 is 1.28 bits per heavy atom. The summed E-state index contributed by atoms with van der Waals surface area (Å²) in [6.45, 7) is 3.57. The van der Waals surface area contributed by atoms with E-state index in [1.165, 1.54) is 18.4 Å². The van der Waals surface area contributed by atoms with Crippen LogP contribution in [0.1, 0.15) is 36.8 Å². The van der Waals surface area contributed by atoms with Crippen molar-refractivity contribution in [2.45, 2.75) is 38.8 Å². The number of carbonyl (C=O) groups is 1. The number of ether oxygens (including phenoxy) is 2. The molecule has 29 heavy (non-hydrogen) atoms. The maximum Gasteiger partial charge on any atom is 0.220 e. The van der Waals surface area contributed by atoms with Crippen molar-refractivity contribution in [3.8, 4) is 11.5 Å². The number of likely N-dealkylation sites (tertiary alicyclic amines) is 1. The van der Waals surface area contributed by atoms with Gasteiger partial charge in [0.15, 0.2) is 0 Å². The molecule has 3 rings (SSSR count). The average Bonchev–Trinajstić information content (AvgIpc) is 2.77. The summed E-state index contributed by atoms with van der Waals surface area (Å²) >= 11 is 0. The highest BCUT2D eigenvalue weighted by Crippen LogP contribution is 2.25. The number of amides is 1. The SMILES string of the molecule is COc1ccc(CNC(=O)CC[C@@H]2CCCN(Cc3cccnc3)C2)c(OC)c1. The van der Waals surface area contributed by atoms with Crippen molar-refractivity contribution in [1.29, 1.82) is 0 Å².